The molecule has 0 spiro atoms. The number of carbonyl (C=O) groups excluding carboxylic acids is 1. The molecule has 0 aromatic heterocycles. The van der Waals surface area contributed by atoms with Gasteiger partial charge < -0.3 is 14.6 Å². The lowest BCUT2D eigenvalue weighted by atomic mass is 10.1. The number of allylic oxidation sites excluding steroid dienone is 8. The number of unbranched alkanes of at least 4 members (excludes halogenated alkanes) is 13. The van der Waals surface area contributed by atoms with E-state index in [0.29, 0.717) is 13.0 Å². The zero-order valence-corrected chi connectivity index (χ0v) is 25.6. The minimum atomic E-state index is -0.543. The molecule has 0 aromatic rings. The highest BCUT2D eigenvalue weighted by atomic mass is 16.6. The summed E-state index contributed by atoms with van der Waals surface area (Å²) in [4.78, 5) is 12.1. The number of carbonyl (C=O) groups is 1. The van der Waals surface area contributed by atoms with E-state index in [1.54, 1.807) is 0 Å². The van der Waals surface area contributed by atoms with Gasteiger partial charge in [0, 0.05) is 13.0 Å². The van der Waals surface area contributed by atoms with Gasteiger partial charge >= 0.3 is 5.97 Å². The second kappa shape index (κ2) is 32.6. The fourth-order valence-electron chi connectivity index (χ4n) is 4.26. The molecule has 39 heavy (non-hydrogen) atoms. The van der Waals surface area contributed by atoms with Gasteiger partial charge in [0.15, 0.2) is 0 Å². The largest absolute Gasteiger partial charge is 0.457 e. The first kappa shape index (κ1) is 37.4. The van der Waals surface area contributed by atoms with Crippen molar-refractivity contribution in [2.45, 2.75) is 148 Å². The van der Waals surface area contributed by atoms with E-state index >= 15 is 0 Å². The molecular weight excluding hydrogens is 484 g/mol. The maximum atomic E-state index is 12.1. The molecule has 226 valence electrons. The van der Waals surface area contributed by atoms with Crippen LogP contribution in [0.1, 0.15) is 142 Å². The molecule has 0 aliphatic heterocycles. The van der Waals surface area contributed by atoms with Crippen molar-refractivity contribution >= 4 is 5.97 Å². The van der Waals surface area contributed by atoms with E-state index in [1.807, 2.05) is 0 Å². The van der Waals surface area contributed by atoms with Crippen LogP contribution in [0.15, 0.2) is 48.6 Å². The van der Waals surface area contributed by atoms with Crippen LogP contribution in [-0.4, -0.2) is 37.0 Å². The lowest BCUT2D eigenvalue weighted by molar-refractivity contribution is -0.154. The third kappa shape index (κ3) is 30.7. The molecule has 0 rings (SSSR count). The predicted octanol–water partition coefficient (Wildman–Crippen LogP) is 9.97. The van der Waals surface area contributed by atoms with Crippen molar-refractivity contribution in [2.24, 2.45) is 0 Å². The van der Waals surface area contributed by atoms with Crippen molar-refractivity contribution in [3.05, 3.63) is 48.6 Å². The molecule has 0 radical (unpaired) electrons. The SMILES string of the molecule is CC/C=C\C/C=C\C/C=C\C/C=C\CCCCCCC(=O)OC(CO)COCCCCCCCCCCCC. The van der Waals surface area contributed by atoms with Crippen LogP contribution in [0.25, 0.3) is 0 Å². The topological polar surface area (TPSA) is 55.8 Å². The van der Waals surface area contributed by atoms with E-state index < -0.39 is 6.10 Å². The van der Waals surface area contributed by atoms with Crippen LogP contribution in [0.2, 0.25) is 0 Å². The van der Waals surface area contributed by atoms with E-state index in [9.17, 15) is 9.90 Å². The Morgan fingerprint density at radius 2 is 1.15 bits per heavy atom. The molecule has 1 N–H and O–H groups in total. The van der Waals surface area contributed by atoms with Gasteiger partial charge in [0.1, 0.15) is 6.10 Å². The van der Waals surface area contributed by atoms with Crippen molar-refractivity contribution in [3.8, 4) is 0 Å². The third-order valence-corrected chi connectivity index (χ3v) is 6.67. The van der Waals surface area contributed by atoms with Crippen LogP contribution in [0.3, 0.4) is 0 Å². The molecule has 1 atom stereocenters. The summed E-state index contributed by atoms with van der Waals surface area (Å²) >= 11 is 0. The second-order valence-electron chi connectivity index (χ2n) is 10.5. The summed E-state index contributed by atoms with van der Waals surface area (Å²) in [6.45, 7) is 5.19. The molecule has 0 saturated carbocycles. The molecule has 0 heterocycles. The van der Waals surface area contributed by atoms with E-state index in [-0.39, 0.29) is 19.2 Å². The van der Waals surface area contributed by atoms with Crippen LogP contribution in [0, 0.1) is 0 Å². The minimum absolute atomic E-state index is 0.182. The normalized spacial score (nSPS) is 13.0. The molecule has 0 fully saturated rings. The number of hydrogen-bond donors (Lipinski definition) is 1. The van der Waals surface area contributed by atoms with Gasteiger partial charge in [-0.05, 0) is 51.4 Å². The molecule has 0 aliphatic carbocycles. The Morgan fingerprint density at radius 3 is 1.74 bits per heavy atom. The highest BCUT2D eigenvalue weighted by molar-refractivity contribution is 5.69. The Morgan fingerprint density at radius 1 is 0.641 bits per heavy atom. The Bertz CT molecular complexity index is 620. The minimum Gasteiger partial charge on any atom is -0.457 e. The molecule has 4 nitrogen and oxygen atoms in total. The molecular formula is C35H62O4. The number of hydrogen-bond acceptors (Lipinski definition) is 4. The summed E-state index contributed by atoms with van der Waals surface area (Å²) in [5, 5.41) is 9.50. The molecule has 0 saturated heterocycles. The average Bonchev–Trinajstić information content (AvgIpc) is 2.94. The van der Waals surface area contributed by atoms with Crippen molar-refractivity contribution in [1.82, 2.24) is 0 Å². The summed E-state index contributed by atoms with van der Waals surface area (Å²) in [5.41, 5.74) is 0. The fraction of sp³-hybridized carbons (Fsp3) is 0.743. The summed E-state index contributed by atoms with van der Waals surface area (Å²) in [6, 6.07) is 0. The third-order valence-electron chi connectivity index (χ3n) is 6.67. The van der Waals surface area contributed by atoms with Gasteiger partial charge in [-0.2, -0.15) is 0 Å². The Labute approximate surface area is 242 Å². The molecule has 1 unspecified atom stereocenters. The summed E-state index contributed by atoms with van der Waals surface area (Å²) in [5.74, 6) is -0.226. The summed E-state index contributed by atoms with van der Waals surface area (Å²) < 4.78 is 11.0. The first-order valence-electron chi connectivity index (χ1n) is 16.2. The van der Waals surface area contributed by atoms with Crippen LogP contribution in [0.5, 0.6) is 0 Å². The van der Waals surface area contributed by atoms with Crippen molar-refractivity contribution < 1.29 is 19.4 Å². The quantitative estimate of drug-likeness (QED) is 0.0576. The monoisotopic (exact) mass is 546 g/mol. The van der Waals surface area contributed by atoms with Crippen molar-refractivity contribution in [2.75, 3.05) is 19.8 Å². The first-order valence-corrected chi connectivity index (χ1v) is 16.2. The summed E-state index contributed by atoms with van der Waals surface area (Å²) in [7, 11) is 0. The molecule has 4 heteroatoms. The van der Waals surface area contributed by atoms with E-state index in [1.165, 1.54) is 57.8 Å². The molecule has 0 aliphatic rings. The Kier molecular flexibility index (Phi) is 31.2. The van der Waals surface area contributed by atoms with E-state index in [4.69, 9.17) is 9.47 Å². The average molecular weight is 547 g/mol. The highest BCUT2D eigenvalue weighted by Crippen LogP contribution is 2.11. The molecule has 0 aromatic carbocycles. The number of aliphatic hydroxyl groups excluding tert-OH is 1. The molecule has 0 bridgehead atoms. The summed E-state index contributed by atoms with van der Waals surface area (Å²) in [6.07, 6.45) is 39.9. The zero-order chi connectivity index (χ0) is 28.5. The van der Waals surface area contributed by atoms with Crippen molar-refractivity contribution in [1.29, 1.82) is 0 Å². The Hall–Kier alpha value is -1.65. The van der Waals surface area contributed by atoms with E-state index in [0.717, 1.165) is 64.2 Å². The van der Waals surface area contributed by atoms with Gasteiger partial charge in [-0.15, -0.1) is 0 Å². The highest BCUT2D eigenvalue weighted by Gasteiger charge is 2.13. The lowest BCUT2D eigenvalue weighted by Gasteiger charge is -2.15. The van der Waals surface area contributed by atoms with Crippen LogP contribution >= 0.6 is 0 Å². The van der Waals surface area contributed by atoms with Crippen LogP contribution in [-0.2, 0) is 14.3 Å². The zero-order valence-electron chi connectivity index (χ0n) is 25.6. The first-order chi connectivity index (χ1) is 19.2. The predicted molar refractivity (Wildman–Crippen MR) is 168 cm³/mol. The van der Waals surface area contributed by atoms with Gasteiger partial charge in [-0.3, -0.25) is 4.79 Å². The number of aliphatic hydroxyl groups is 1. The molecule has 0 amide bonds. The number of ether oxygens (including phenoxy) is 2. The van der Waals surface area contributed by atoms with Crippen molar-refractivity contribution in [3.63, 3.8) is 0 Å². The van der Waals surface area contributed by atoms with Gasteiger partial charge in [0.25, 0.3) is 0 Å². The standard InChI is InChI=1S/C35H62O4/c1-3-5-7-9-11-13-15-16-17-18-19-20-21-22-24-26-28-30-35(37)39-34(32-36)33-38-31-29-27-25-23-14-12-10-8-6-4-2/h5,7,11,13,16-17,19-20,34,36H,3-4,6,8-10,12,14-15,18,21-33H2,1-2H3/b7-5-,13-11-,17-16-,20-19-. The van der Waals surface area contributed by atoms with Gasteiger partial charge in [0.05, 0.1) is 13.2 Å². The maximum Gasteiger partial charge on any atom is 0.306 e. The second-order valence-corrected chi connectivity index (χ2v) is 10.5. The van der Waals surface area contributed by atoms with Gasteiger partial charge in [0.2, 0.25) is 0 Å². The number of rotatable bonds is 29. The van der Waals surface area contributed by atoms with Crippen LogP contribution in [0.4, 0.5) is 0 Å². The number of esters is 1. The van der Waals surface area contributed by atoms with Gasteiger partial charge in [-0.1, -0.05) is 133 Å². The lowest BCUT2D eigenvalue weighted by Crippen LogP contribution is -2.27. The van der Waals surface area contributed by atoms with Crippen LogP contribution < -0.4 is 0 Å². The van der Waals surface area contributed by atoms with Gasteiger partial charge in [-0.25, -0.2) is 0 Å². The smallest absolute Gasteiger partial charge is 0.306 e. The maximum absolute atomic E-state index is 12.1. The fourth-order valence-corrected chi connectivity index (χ4v) is 4.26. The Balaban J connectivity index is 3.55. The van der Waals surface area contributed by atoms with E-state index in [2.05, 4.69) is 62.5 Å².